The zero-order valence-corrected chi connectivity index (χ0v) is 11.9. The van der Waals surface area contributed by atoms with E-state index in [4.69, 9.17) is 5.73 Å². The number of rotatable bonds is 2. The minimum absolute atomic E-state index is 0.00893. The van der Waals surface area contributed by atoms with Crippen molar-refractivity contribution in [3.05, 3.63) is 23.9 Å². The van der Waals surface area contributed by atoms with Crippen molar-refractivity contribution in [1.82, 2.24) is 29.5 Å². The summed E-state index contributed by atoms with van der Waals surface area (Å²) in [5, 5.41) is 4.39. The van der Waals surface area contributed by atoms with Crippen LogP contribution < -0.4 is 5.73 Å². The van der Waals surface area contributed by atoms with Gasteiger partial charge in [-0.25, -0.2) is 4.98 Å². The molecule has 0 aliphatic carbocycles. The molecule has 2 N–H and O–H groups in total. The Labute approximate surface area is 125 Å². The molecule has 0 bridgehead atoms. The number of aromatic nitrogens is 6. The number of nitrogens with two attached hydrogens (primary N) is 1. The topological polar surface area (TPSA) is 94.9 Å². The molecule has 0 saturated carbocycles. The molecule has 11 heteroatoms. The van der Waals surface area contributed by atoms with Gasteiger partial charge in [0, 0.05) is 0 Å². The van der Waals surface area contributed by atoms with Gasteiger partial charge in [-0.05, 0) is 18.4 Å². The molecule has 3 aromatic rings. The van der Waals surface area contributed by atoms with Crippen LogP contribution in [-0.2, 0) is 6.18 Å². The summed E-state index contributed by atoms with van der Waals surface area (Å²) in [6.07, 6.45) is -2.78. The van der Waals surface area contributed by atoms with Gasteiger partial charge in [-0.1, -0.05) is 17.8 Å². The smallest absolute Gasteiger partial charge is 0.368 e. The lowest BCUT2D eigenvalue weighted by molar-refractivity contribution is -0.141. The standard InChI is InChI=1S/C11H8F3N7S/c1-22-10-18-8(15)21-9(19-10)17-7(20-21)5-3-2-4-6(16-5)11(12,13)14/h2-4H,1H3,(H2,15,17,18,19,20). The van der Waals surface area contributed by atoms with Crippen LogP contribution in [0.4, 0.5) is 19.1 Å². The summed E-state index contributed by atoms with van der Waals surface area (Å²) in [7, 11) is 0. The number of anilines is 1. The first kappa shape index (κ1) is 14.5. The molecule has 114 valence electrons. The second kappa shape index (κ2) is 5.09. The Hall–Kier alpha value is -2.43. The highest BCUT2D eigenvalue weighted by molar-refractivity contribution is 7.98. The van der Waals surface area contributed by atoms with Crippen LogP contribution in [0.15, 0.2) is 23.4 Å². The molecule has 0 spiro atoms. The molecule has 0 aliphatic heterocycles. The molecule has 0 aliphatic rings. The van der Waals surface area contributed by atoms with Crippen molar-refractivity contribution in [3.8, 4) is 11.5 Å². The summed E-state index contributed by atoms with van der Waals surface area (Å²) in [6.45, 7) is 0. The van der Waals surface area contributed by atoms with E-state index < -0.39 is 11.9 Å². The zero-order valence-electron chi connectivity index (χ0n) is 11.0. The summed E-state index contributed by atoms with van der Waals surface area (Å²) >= 11 is 1.26. The van der Waals surface area contributed by atoms with Gasteiger partial charge in [0.05, 0.1) is 0 Å². The van der Waals surface area contributed by atoms with Gasteiger partial charge < -0.3 is 5.73 Å². The van der Waals surface area contributed by atoms with E-state index in [2.05, 4.69) is 25.0 Å². The average molecular weight is 327 g/mol. The lowest BCUT2D eigenvalue weighted by Gasteiger charge is -2.05. The minimum atomic E-state index is -4.54. The number of pyridine rings is 1. The van der Waals surface area contributed by atoms with Crippen LogP contribution in [0.1, 0.15) is 5.69 Å². The molecule has 3 aromatic heterocycles. The minimum Gasteiger partial charge on any atom is -0.368 e. The van der Waals surface area contributed by atoms with Crippen molar-refractivity contribution >= 4 is 23.5 Å². The first-order valence-electron chi connectivity index (χ1n) is 5.87. The van der Waals surface area contributed by atoms with Gasteiger partial charge in [0.25, 0.3) is 5.78 Å². The summed E-state index contributed by atoms with van der Waals surface area (Å²) in [5.41, 5.74) is 4.68. The Morgan fingerprint density at radius 2 is 1.91 bits per heavy atom. The number of nitrogen functional groups attached to an aromatic ring is 1. The zero-order chi connectivity index (χ0) is 15.9. The Morgan fingerprint density at radius 3 is 2.59 bits per heavy atom. The predicted octanol–water partition coefficient (Wildman–Crippen LogP) is 1.90. The van der Waals surface area contributed by atoms with Gasteiger partial charge in [-0.15, -0.1) is 5.10 Å². The molecule has 0 saturated heterocycles. The van der Waals surface area contributed by atoms with Crippen molar-refractivity contribution in [3.63, 3.8) is 0 Å². The molecule has 3 heterocycles. The van der Waals surface area contributed by atoms with Gasteiger partial charge in [0.15, 0.2) is 5.16 Å². The Balaban J connectivity index is 2.13. The fourth-order valence-corrected chi connectivity index (χ4v) is 2.06. The molecule has 0 aromatic carbocycles. The van der Waals surface area contributed by atoms with Gasteiger partial charge in [0.2, 0.25) is 11.8 Å². The molecule has 0 fully saturated rings. The van der Waals surface area contributed by atoms with Gasteiger partial charge in [0.1, 0.15) is 11.4 Å². The van der Waals surface area contributed by atoms with E-state index >= 15 is 0 Å². The fourth-order valence-electron chi connectivity index (χ4n) is 1.70. The quantitative estimate of drug-likeness (QED) is 0.718. The molecule has 0 unspecified atom stereocenters. The lowest BCUT2D eigenvalue weighted by atomic mass is 10.3. The van der Waals surface area contributed by atoms with Crippen molar-refractivity contribution in [1.29, 1.82) is 0 Å². The van der Waals surface area contributed by atoms with Crippen molar-refractivity contribution in [2.45, 2.75) is 11.3 Å². The van der Waals surface area contributed by atoms with Gasteiger partial charge in [-0.2, -0.15) is 32.6 Å². The van der Waals surface area contributed by atoms with E-state index in [9.17, 15) is 13.2 Å². The van der Waals surface area contributed by atoms with Crippen molar-refractivity contribution in [2.75, 3.05) is 12.0 Å². The summed E-state index contributed by atoms with van der Waals surface area (Å²) in [5.74, 6) is 0.177. The summed E-state index contributed by atoms with van der Waals surface area (Å²) < 4.78 is 39.2. The van der Waals surface area contributed by atoms with E-state index in [1.54, 1.807) is 6.26 Å². The highest BCUT2D eigenvalue weighted by Crippen LogP contribution is 2.28. The normalized spacial score (nSPS) is 12.0. The van der Waals surface area contributed by atoms with Crippen LogP contribution in [0.25, 0.3) is 17.3 Å². The monoisotopic (exact) mass is 327 g/mol. The lowest BCUT2D eigenvalue weighted by Crippen LogP contribution is -2.08. The number of halogens is 3. The second-order valence-corrected chi connectivity index (χ2v) is 4.89. The first-order valence-corrected chi connectivity index (χ1v) is 7.10. The van der Waals surface area contributed by atoms with Crippen LogP contribution in [0.2, 0.25) is 0 Å². The molecule has 3 rings (SSSR count). The van der Waals surface area contributed by atoms with Crippen LogP contribution in [-0.4, -0.2) is 35.8 Å². The van der Waals surface area contributed by atoms with Gasteiger partial charge >= 0.3 is 6.18 Å². The Kier molecular flexibility index (Phi) is 3.35. The number of hydrogen-bond donors (Lipinski definition) is 1. The largest absolute Gasteiger partial charge is 0.433 e. The first-order chi connectivity index (χ1) is 10.4. The average Bonchev–Trinajstić information content (AvgIpc) is 2.91. The fraction of sp³-hybridized carbons (Fsp3) is 0.182. The van der Waals surface area contributed by atoms with E-state index in [0.29, 0.717) is 5.16 Å². The summed E-state index contributed by atoms with van der Waals surface area (Å²) in [4.78, 5) is 15.6. The molecule has 7 nitrogen and oxygen atoms in total. The van der Waals surface area contributed by atoms with Crippen molar-refractivity contribution < 1.29 is 13.2 Å². The highest BCUT2D eigenvalue weighted by Gasteiger charge is 2.32. The molecule has 0 radical (unpaired) electrons. The number of fused-ring (bicyclic) bond motifs is 1. The maximum atomic E-state index is 12.7. The third-order valence-corrected chi connectivity index (χ3v) is 3.21. The van der Waals surface area contributed by atoms with Crippen LogP contribution in [0.5, 0.6) is 0 Å². The molecule has 0 atom stereocenters. The maximum absolute atomic E-state index is 12.7. The third kappa shape index (κ3) is 2.54. The van der Waals surface area contributed by atoms with E-state index in [1.165, 1.54) is 23.9 Å². The van der Waals surface area contributed by atoms with Crippen molar-refractivity contribution in [2.24, 2.45) is 0 Å². The van der Waals surface area contributed by atoms with E-state index in [0.717, 1.165) is 10.6 Å². The Bertz CT molecular complexity index is 845. The van der Waals surface area contributed by atoms with Gasteiger partial charge in [-0.3, -0.25) is 0 Å². The van der Waals surface area contributed by atoms with E-state index in [1.807, 2.05) is 0 Å². The molecular weight excluding hydrogens is 319 g/mol. The summed E-state index contributed by atoms with van der Waals surface area (Å²) in [6, 6.07) is 3.49. The maximum Gasteiger partial charge on any atom is 0.433 e. The molecular formula is C11H8F3N7S. The SMILES string of the molecule is CSc1nc(N)n2nc(-c3cccc(C(F)(F)F)n3)nc2n1. The Morgan fingerprint density at radius 1 is 1.14 bits per heavy atom. The number of hydrogen-bond acceptors (Lipinski definition) is 7. The van der Waals surface area contributed by atoms with E-state index in [-0.39, 0.29) is 23.2 Å². The number of thioether (sulfide) groups is 1. The predicted molar refractivity (Wildman–Crippen MR) is 73.0 cm³/mol. The number of nitrogens with zero attached hydrogens (tertiary/aromatic N) is 6. The van der Waals surface area contributed by atoms with Crippen LogP contribution in [0, 0.1) is 0 Å². The molecule has 0 amide bonds. The molecule has 22 heavy (non-hydrogen) atoms. The third-order valence-electron chi connectivity index (χ3n) is 2.66. The van der Waals surface area contributed by atoms with Crippen LogP contribution in [0.3, 0.4) is 0 Å². The number of alkyl halides is 3. The highest BCUT2D eigenvalue weighted by atomic mass is 32.2. The van der Waals surface area contributed by atoms with Crippen LogP contribution >= 0.6 is 11.8 Å². The second-order valence-electron chi connectivity index (χ2n) is 4.12.